The third kappa shape index (κ3) is 5.70. The molecule has 0 amide bonds. The van der Waals surface area contributed by atoms with Gasteiger partial charge in [-0.05, 0) is 84.5 Å². The molecule has 0 saturated carbocycles. The highest BCUT2D eigenvalue weighted by molar-refractivity contribution is 14.1. The van der Waals surface area contributed by atoms with Crippen molar-refractivity contribution in [2.75, 3.05) is 6.61 Å². The van der Waals surface area contributed by atoms with Gasteiger partial charge in [0.15, 0.2) is 23.1 Å². The molecule has 0 N–H and O–H groups in total. The third-order valence-electron chi connectivity index (χ3n) is 8.26. The first-order chi connectivity index (χ1) is 20.5. The van der Waals surface area contributed by atoms with Crippen molar-refractivity contribution in [1.82, 2.24) is 4.90 Å². The van der Waals surface area contributed by atoms with Gasteiger partial charge in [-0.15, -0.1) is 0 Å². The zero-order valence-corrected chi connectivity index (χ0v) is 27.4. The molecule has 0 atom stereocenters. The van der Waals surface area contributed by atoms with E-state index in [0.717, 1.165) is 67.4 Å². The Morgan fingerprint density at radius 3 is 2.14 bits per heavy atom. The summed E-state index contributed by atoms with van der Waals surface area (Å²) in [6.45, 7) is 3.47. The van der Waals surface area contributed by atoms with Crippen LogP contribution in [0.25, 0.3) is 0 Å². The molecule has 3 aliphatic rings. The quantitative estimate of drug-likeness (QED) is 0.217. The molecule has 0 spiro atoms. The summed E-state index contributed by atoms with van der Waals surface area (Å²) in [5, 5.41) is 0. The van der Waals surface area contributed by atoms with E-state index in [2.05, 4.69) is 61.6 Å². The van der Waals surface area contributed by atoms with Crippen LogP contribution in [0, 0.1) is 3.57 Å². The maximum atomic E-state index is 13.8. The first-order valence-corrected chi connectivity index (χ1v) is 16.5. The lowest BCUT2D eigenvalue weighted by Gasteiger charge is -2.44. The van der Waals surface area contributed by atoms with Crippen molar-refractivity contribution in [3.63, 3.8) is 0 Å². The maximum absolute atomic E-state index is 13.8. The van der Waals surface area contributed by atoms with Gasteiger partial charge in [0.2, 0.25) is 0 Å². The van der Waals surface area contributed by atoms with Crippen molar-refractivity contribution in [2.45, 2.75) is 64.5 Å². The summed E-state index contributed by atoms with van der Waals surface area (Å²) < 4.78 is 14.4. The molecule has 1 heterocycles. The maximum Gasteiger partial charge on any atom is 0.174 e. The van der Waals surface area contributed by atoms with Crippen LogP contribution in [0.4, 0.5) is 0 Å². The molecule has 3 aromatic carbocycles. The van der Waals surface area contributed by atoms with E-state index < -0.39 is 5.92 Å². The number of benzene rings is 3. The lowest BCUT2D eigenvalue weighted by molar-refractivity contribution is -0.117. The van der Waals surface area contributed by atoms with E-state index in [1.807, 2.05) is 55.5 Å². The van der Waals surface area contributed by atoms with Crippen molar-refractivity contribution < 1.29 is 19.1 Å². The van der Waals surface area contributed by atoms with Crippen molar-refractivity contribution >= 4 is 50.1 Å². The minimum absolute atomic E-state index is 0.145. The number of Topliss-reactive ketones (excluding diaryl/α,β-unsaturated/α-hetero) is 2. The summed E-state index contributed by atoms with van der Waals surface area (Å²) in [5.41, 5.74) is 6.85. The summed E-state index contributed by atoms with van der Waals surface area (Å²) >= 11 is 5.91. The Kier molecular flexibility index (Phi) is 8.86. The van der Waals surface area contributed by atoms with Crippen LogP contribution in [0.1, 0.15) is 68.1 Å². The minimum Gasteiger partial charge on any atom is -0.490 e. The number of carbonyl (C=O) groups is 2. The van der Waals surface area contributed by atoms with Crippen molar-refractivity contribution in [3.05, 3.63) is 114 Å². The number of rotatable bonds is 8. The van der Waals surface area contributed by atoms with Crippen LogP contribution in [-0.2, 0) is 22.7 Å². The van der Waals surface area contributed by atoms with Gasteiger partial charge in [0.05, 0.1) is 10.2 Å². The molecule has 0 radical (unpaired) electrons. The van der Waals surface area contributed by atoms with Crippen LogP contribution in [0.15, 0.2) is 93.7 Å². The van der Waals surface area contributed by atoms with Gasteiger partial charge in [-0.25, -0.2) is 0 Å². The lowest BCUT2D eigenvalue weighted by atomic mass is 9.71. The topological polar surface area (TPSA) is 55.8 Å². The summed E-state index contributed by atoms with van der Waals surface area (Å²) in [6, 6.07) is 22.4. The van der Waals surface area contributed by atoms with Gasteiger partial charge in [0.25, 0.3) is 0 Å². The van der Waals surface area contributed by atoms with Crippen molar-refractivity contribution in [1.29, 1.82) is 0 Å². The highest BCUT2D eigenvalue weighted by atomic mass is 127. The van der Waals surface area contributed by atoms with Crippen LogP contribution >= 0.6 is 38.5 Å². The molecule has 0 bridgehead atoms. The zero-order chi connectivity index (χ0) is 29.2. The zero-order valence-electron chi connectivity index (χ0n) is 23.6. The van der Waals surface area contributed by atoms with E-state index in [9.17, 15) is 9.59 Å². The van der Waals surface area contributed by atoms with Crippen LogP contribution in [0.2, 0.25) is 0 Å². The molecule has 0 saturated heterocycles. The molecule has 7 heteroatoms. The predicted molar refractivity (Wildman–Crippen MR) is 175 cm³/mol. The molecule has 3 aromatic rings. The number of hydrogen-bond acceptors (Lipinski definition) is 5. The van der Waals surface area contributed by atoms with Crippen LogP contribution in [-0.4, -0.2) is 23.1 Å². The molecule has 2 aliphatic carbocycles. The third-order valence-corrected chi connectivity index (χ3v) is 9.84. The molecule has 0 aromatic heterocycles. The fraction of sp³-hybridized carbons (Fsp3) is 0.314. The fourth-order valence-corrected chi connectivity index (χ4v) is 7.61. The number of nitrogens with zero attached hydrogens (tertiary/aromatic N) is 1. The summed E-state index contributed by atoms with van der Waals surface area (Å²) in [6.07, 6.45) is 4.34. The number of ether oxygens (including phenoxy) is 2. The second-order valence-electron chi connectivity index (χ2n) is 10.9. The average Bonchev–Trinajstić information content (AvgIpc) is 2.99. The number of halogens is 2. The Morgan fingerprint density at radius 1 is 0.857 bits per heavy atom. The van der Waals surface area contributed by atoms with Crippen LogP contribution in [0.5, 0.6) is 11.5 Å². The molecule has 216 valence electrons. The highest BCUT2D eigenvalue weighted by Gasteiger charge is 2.43. The minimum atomic E-state index is -0.396. The summed E-state index contributed by atoms with van der Waals surface area (Å²) in [7, 11) is 0. The van der Waals surface area contributed by atoms with Crippen molar-refractivity contribution in [2.24, 2.45) is 0 Å². The number of hydrogen-bond donors (Lipinski definition) is 0. The second-order valence-corrected chi connectivity index (χ2v) is 12.9. The molecule has 6 rings (SSSR count). The number of allylic oxidation sites excluding steroid dienone is 4. The first kappa shape index (κ1) is 29.2. The SMILES string of the molecule is CCOc1cc(C2C3=C(CCCC3=O)N(Cc3ccccc3)C3=C2C(=O)CCC3)cc(I)c1OCc1ccccc1Br. The Bertz CT molecular complexity index is 1550. The standard InChI is InChI=1S/C35H33BrINO4/c1-2-41-31-19-24(18-26(37)35(31)42-21-23-12-6-7-13-25(23)36)32-33-27(14-8-16-29(33)39)38(20-22-10-4-3-5-11-22)28-15-9-17-30(40)34(28)32/h3-7,10-13,18-19,32H,2,8-9,14-17,20-21H2,1H3. The summed E-state index contributed by atoms with van der Waals surface area (Å²) in [5.74, 6) is 1.20. The van der Waals surface area contributed by atoms with E-state index in [4.69, 9.17) is 9.47 Å². The Balaban J connectivity index is 1.46. The normalized spacial score (nSPS) is 17.4. The molecule has 5 nitrogen and oxygen atoms in total. The second kappa shape index (κ2) is 12.8. The number of carbonyl (C=O) groups excluding carboxylic acids is 2. The highest BCUT2D eigenvalue weighted by Crippen LogP contribution is 2.51. The molecule has 1 aliphatic heterocycles. The van der Waals surface area contributed by atoms with Gasteiger partial charge in [0.1, 0.15) is 6.61 Å². The van der Waals surface area contributed by atoms with Crippen LogP contribution < -0.4 is 9.47 Å². The van der Waals surface area contributed by atoms with Gasteiger partial charge in [-0.2, -0.15) is 0 Å². The van der Waals surface area contributed by atoms with Gasteiger partial charge in [0, 0.05) is 57.9 Å². The lowest BCUT2D eigenvalue weighted by Crippen LogP contribution is -2.38. The fourth-order valence-electron chi connectivity index (χ4n) is 6.43. The summed E-state index contributed by atoms with van der Waals surface area (Å²) in [4.78, 5) is 29.8. The van der Waals surface area contributed by atoms with E-state index in [1.54, 1.807) is 0 Å². The first-order valence-electron chi connectivity index (χ1n) is 14.6. The van der Waals surface area contributed by atoms with E-state index in [1.165, 1.54) is 5.56 Å². The van der Waals surface area contributed by atoms with E-state index in [0.29, 0.717) is 44.1 Å². The average molecular weight is 738 g/mol. The molecular weight excluding hydrogens is 705 g/mol. The van der Waals surface area contributed by atoms with Gasteiger partial charge < -0.3 is 14.4 Å². The van der Waals surface area contributed by atoms with Crippen LogP contribution in [0.3, 0.4) is 0 Å². The molecular formula is C35H33BrINO4. The van der Waals surface area contributed by atoms with Gasteiger partial charge in [-0.1, -0.05) is 64.5 Å². The molecule has 0 unspecified atom stereocenters. The Labute approximate surface area is 269 Å². The Morgan fingerprint density at radius 2 is 1.50 bits per heavy atom. The van der Waals surface area contributed by atoms with Gasteiger partial charge >= 0.3 is 0 Å². The van der Waals surface area contributed by atoms with E-state index in [-0.39, 0.29) is 11.6 Å². The molecule has 42 heavy (non-hydrogen) atoms. The monoisotopic (exact) mass is 737 g/mol. The predicted octanol–water partition coefficient (Wildman–Crippen LogP) is 8.65. The van der Waals surface area contributed by atoms with Crippen molar-refractivity contribution in [3.8, 4) is 11.5 Å². The largest absolute Gasteiger partial charge is 0.490 e. The van der Waals surface area contributed by atoms with E-state index >= 15 is 0 Å². The number of ketones is 2. The Hall–Kier alpha value is -2.91. The molecule has 0 fully saturated rings. The van der Waals surface area contributed by atoms with Gasteiger partial charge in [-0.3, -0.25) is 9.59 Å². The smallest absolute Gasteiger partial charge is 0.174 e.